The van der Waals surface area contributed by atoms with Crippen LogP contribution in [0.5, 0.6) is 0 Å². The average Bonchev–Trinajstić information content (AvgIpc) is 2.67. The molecular formula is C22H24F4N2O3S. The van der Waals surface area contributed by atoms with Crippen LogP contribution in [0.25, 0.3) is 6.08 Å². The van der Waals surface area contributed by atoms with Gasteiger partial charge in [-0.3, -0.25) is 9.52 Å². The van der Waals surface area contributed by atoms with Gasteiger partial charge in [0.1, 0.15) is 5.82 Å². The van der Waals surface area contributed by atoms with Crippen LogP contribution in [0.1, 0.15) is 41.2 Å². The molecule has 0 aliphatic carbocycles. The number of anilines is 1. The highest BCUT2D eigenvalue weighted by Crippen LogP contribution is 2.31. The number of aryl methyl sites for hydroxylation is 2. The van der Waals surface area contributed by atoms with E-state index in [1.165, 1.54) is 31.2 Å². The summed E-state index contributed by atoms with van der Waals surface area (Å²) >= 11 is 0. The number of rotatable bonds is 8. The van der Waals surface area contributed by atoms with Crippen molar-refractivity contribution in [2.24, 2.45) is 0 Å². The molecule has 1 amide bonds. The Morgan fingerprint density at radius 3 is 2.41 bits per heavy atom. The van der Waals surface area contributed by atoms with Crippen LogP contribution < -0.4 is 10.0 Å². The third-order valence-electron chi connectivity index (χ3n) is 4.51. The minimum atomic E-state index is -4.44. The largest absolute Gasteiger partial charge is 0.416 e. The first-order chi connectivity index (χ1) is 14.8. The standard InChI is InChI=1S/C22H24F4N2O3S/c1-4-5-17-12-18(22(24,25)26)8-6-16(17)7-9-20(29)27-13-15-10-14(2)21(19(23)11-15)28-32(3,30)31/h6-12,28H,4-5,13H2,1-3H3,(H,27,29)/b9-7+. The number of hydrogen-bond donors (Lipinski definition) is 2. The van der Waals surface area contributed by atoms with Crippen LogP contribution >= 0.6 is 0 Å². The molecule has 5 nitrogen and oxygen atoms in total. The highest BCUT2D eigenvalue weighted by atomic mass is 32.2. The highest BCUT2D eigenvalue weighted by molar-refractivity contribution is 7.92. The van der Waals surface area contributed by atoms with Gasteiger partial charge in [-0.15, -0.1) is 0 Å². The first-order valence-corrected chi connectivity index (χ1v) is 11.6. The quantitative estimate of drug-likeness (QED) is 0.428. The fourth-order valence-electron chi connectivity index (χ4n) is 3.08. The molecular weight excluding hydrogens is 448 g/mol. The van der Waals surface area contributed by atoms with Crippen LogP contribution in [-0.4, -0.2) is 20.6 Å². The van der Waals surface area contributed by atoms with Crippen LogP contribution in [0.4, 0.5) is 23.2 Å². The predicted molar refractivity (Wildman–Crippen MR) is 116 cm³/mol. The van der Waals surface area contributed by atoms with E-state index in [2.05, 4.69) is 10.0 Å². The lowest BCUT2D eigenvalue weighted by Gasteiger charge is -2.12. The molecule has 10 heteroatoms. The maximum absolute atomic E-state index is 14.2. The normalized spacial score (nSPS) is 12.2. The zero-order valence-electron chi connectivity index (χ0n) is 17.8. The van der Waals surface area contributed by atoms with E-state index in [9.17, 15) is 30.8 Å². The number of amides is 1. The molecule has 0 radical (unpaired) electrons. The van der Waals surface area contributed by atoms with E-state index in [0.717, 1.165) is 24.5 Å². The van der Waals surface area contributed by atoms with Crippen molar-refractivity contribution in [2.75, 3.05) is 11.0 Å². The molecule has 0 atom stereocenters. The lowest BCUT2D eigenvalue weighted by molar-refractivity contribution is -0.137. The third-order valence-corrected chi connectivity index (χ3v) is 5.08. The number of carbonyl (C=O) groups is 1. The molecule has 0 spiro atoms. The minimum absolute atomic E-state index is 0.0189. The number of alkyl halides is 3. The molecule has 0 aliphatic heterocycles. The lowest BCUT2D eigenvalue weighted by Crippen LogP contribution is -2.20. The molecule has 0 fully saturated rings. The van der Waals surface area contributed by atoms with E-state index in [1.54, 1.807) is 0 Å². The fraction of sp³-hybridized carbons (Fsp3) is 0.318. The van der Waals surface area contributed by atoms with Gasteiger partial charge in [-0.1, -0.05) is 25.5 Å². The van der Waals surface area contributed by atoms with Gasteiger partial charge in [0, 0.05) is 12.6 Å². The lowest BCUT2D eigenvalue weighted by atomic mass is 9.99. The molecule has 2 N–H and O–H groups in total. The van der Waals surface area contributed by atoms with Crippen molar-refractivity contribution in [1.29, 1.82) is 0 Å². The Bertz CT molecular complexity index is 1100. The average molecular weight is 473 g/mol. The molecule has 32 heavy (non-hydrogen) atoms. The van der Waals surface area contributed by atoms with Gasteiger partial charge in [-0.25, -0.2) is 12.8 Å². The van der Waals surface area contributed by atoms with Crippen molar-refractivity contribution in [3.63, 3.8) is 0 Å². The molecule has 2 rings (SSSR count). The Kier molecular flexibility index (Phi) is 8.06. The monoisotopic (exact) mass is 472 g/mol. The zero-order valence-corrected chi connectivity index (χ0v) is 18.6. The number of halogens is 4. The van der Waals surface area contributed by atoms with Crippen molar-refractivity contribution in [3.05, 3.63) is 70.0 Å². The number of hydrogen-bond acceptors (Lipinski definition) is 3. The van der Waals surface area contributed by atoms with Crippen LogP contribution in [0.3, 0.4) is 0 Å². The van der Waals surface area contributed by atoms with E-state index < -0.39 is 33.5 Å². The highest BCUT2D eigenvalue weighted by Gasteiger charge is 2.30. The summed E-state index contributed by atoms with van der Waals surface area (Å²) in [6.07, 6.45) is 0.175. The summed E-state index contributed by atoms with van der Waals surface area (Å²) in [5, 5.41) is 2.57. The van der Waals surface area contributed by atoms with Crippen LogP contribution in [-0.2, 0) is 34.0 Å². The first kappa shape index (κ1) is 25.4. The van der Waals surface area contributed by atoms with E-state index in [1.807, 2.05) is 6.92 Å². The van der Waals surface area contributed by atoms with E-state index in [0.29, 0.717) is 35.1 Å². The Morgan fingerprint density at radius 2 is 1.84 bits per heavy atom. The molecule has 0 aromatic heterocycles. The Morgan fingerprint density at radius 1 is 1.16 bits per heavy atom. The predicted octanol–water partition coefficient (Wildman–Crippen LogP) is 4.81. The molecule has 0 heterocycles. The molecule has 0 saturated heterocycles. The first-order valence-electron chi connectivity index (χ1n) is 9.73. The molecule has 0 saturated carbocycles. The van der Waals surface area contributed by atoms with Gasteiger partial charge in [0.25, 0.3) is 0 Å². The summed E-state index contributed by atoms with van der Waals surface area (Å²) in [6, 6.07) is 6.02. The summed E-state index contributed by atoms with van der Waals surface area (Å²) < 4.78 is 77.8. The SMILES string of the molecule is CCCc1cc(C(F)(F)F)ccc1/C=C/C(=O)NCc1cc(C)c(NS(C)(=O)=O)c(F)c1. The van der Waals surface area contributed by atoms with E-state index >= 15 is 0 Å². The molecule has 2 aromatic rings. The van der Waals surface area contributed by atoms with Crippen molar-refractivity contribution in [3.8, 4) is 0 Å². The Hall–Kier alpha value is -2.88. The van der Waals surface area contributed by atoms with Crippen molar-refractivity contribution < 1.29 is 30.8 Å². The second kappa shape index (κ2) is 10.2. The van der Waals surface area contributed by atoms with E-state index in [4.69, 9.17) is 0 Å². The smallest absolute Gasteiger partial charge is 0.348 e. The van der Waals surface area contributed by atoms with Crippen LogP contribution in [0, 0.1) is 12.7 Å². The molecule has 0 bridgehead atoms. The summed E-state index contributed by atoms with van der Waals surface area (Å²) in [6.45, 7) is 3.36. The van der Waals surface area contributed by atoms with Gasteiger partial charge < -0.3 is 5.32 Å². The zero-order chi connectivity index (χ0) is 24.1. The number of benzene rings is 2. The Labute approximate surface area is 184 Å². The van der Waals surface area contributed by atoms with Crippen molar-refractivity contribution >= 4 is 27.7 Å². The maximum Gasteiger partial charge on any atom is 0.416 e. The number of sulfonamides is 1. The minimum Gasteiger partial charge on any atom is -0.348 e. The summed E-state index contributed by atoms with van der Waals surface area (Å²) in [4.78, 5) is 12.1. The van der Waals surface area contributed by atoms with Crippen molar-refractivity contribution in [1.82, 2.24) is 5.32 Å². The molecule has 0 aliphatic rings. The van der Waals surface area contributed by atoms with Crippen LogP contribution in [0.2, 0.25) is 0 Å². The molecule has 2 aromatic carbocycles. The summed E-state index contributed by atoms with van der Waals surface area (Å²) in [5.41, 5.74) is 0.860. The second-order valence-corrected chi connectivity index (χ2v) is 9.10. The second-order valence-electron chi connectivity index (χ2n) is 7.36. The maximum atomic E-state index is 14.2. The van der Waals surface area contributed by atoms with Gasteiger partial charge in [0.15, 0.2) is 0 Å². The van der Waals surface area contributed by atoms with Gasteiger partial charge in [0.05, 0.1) is 17.5 Å². The van der Waals surface area contributed by atoms with Gasteiger partial charge >= 0.3 is 6.18 Å². The van der Waals surface area contributed by atoms with Crippen molar-refractivity contribution in [2.45, 2.75) is 39.4 Å². The number of carbonyl (C=O) groups excluding carboxylic acids is 1. The number of nitrogens with one attached hydrogen (secondary N) is 2. The molecule has 0 unspecified atom stereocenters. The fourth-order valence-corrected chi connectivity index (χ4v) is 3.71. The third kappa shape index (κ3) is 7.37. The van der Waals surface area contributed by atoms with Gasteiger partial charge in [-0.2, -0.15) is 13.2 Å². The van der Waals surface area contributed by atoms with Gasteiger partial charge in [-0.05, 0) is 59.9 Å². The van der Waals surface area contributed by atoms with E-state index in [-0.39, 0.29) is 12.2 Å². The summed E-state index contributed by atoms with van der Waals surface area (Å²) in [7, 11) is -3.64. The topological polar surface area (TPSA) is 75.3 Å². The molecule has 174 valence electrons. The summed E-state index contributed by atoms with van der Waals surface area (Å²) in [5.74, 6) is -1.28. The van der Waals surface area contributed by atoms with Crippen LogP contribution in [0.15, 0.2) is 36.4 Å². The van der Waals surface area contributed by atoms with Gasteiger partial charge in [0.2, 0.25) is 15.9 Å². The Balaban J connectivity index is 2.10.